The largest absolute Gasteiger partial charge is 0.269 e. The van der Waals surface area contributed by atoms with Crippen molar-refractivity contribution in [3.8, 4) is 0 Å². The maximum absolute atomic E-state index is 10.3. The van der Waals surface area contributed by atoms with Gasteiger partial charge in [-0.2, -0.15) is 0 Å². The van der Waals surface area contributed by atoms with E-state index in [4.69, 9.17) is 0 Å². The van der Waals surface area contributed by atoms with Crippen LogP contribution >= 0.6 is 0 Å². The molecule has 0 aromatic heterocycles. The zero-order chi connectivity index (χ0) is 11.3. The van der Waals surface area contributed by atoms with E-state index in [1.54, 1.807) is 12.1 Å². The molecule has 0 unspecified atom stereocenters. The predicted molar refractivity (Wildman–Crippen MR) is 51.8 cm³/mol. The summed E-state index contributed by atoms with van der Waals surface area (Å²) in [6.45, 7) is 0.199. The highest BCUT2D eigenvalue weighted by Gasteiger charge is 2.04. The van der Waals surface area contributed by atoms with Gasteiger partial charge < -0.3 is 0 Å². The number of hydrogen-bond acceptors (Lipinski definition) is 4. The van der Waals surface area contributed by atoms with Crippen molar-refractivity contribution in [2.75, 3.05) is 6.54 Å². The van der Waals surface area contributed by atoms with E-state index < -0.39 is 9.96 Å². The zero-order valence-electron chi connectivity index (χ0n) is 7.75. The maximum atomic E-state index is 10.3. The Morgan fingerprint density at radius 3 is 2.20 bits per heavy atom. The minimum absolute atomic E-state index is 0.0148. The van der Waals surface area contributed by atoms with E-state index in [0.717, 1.165) is 5.56 Å². The van der Waals surface area contributed by atoms with Gasteiger partial charge in [0, 0.05) is 12.1 Å². The Morgan fingerprint density at radius 1 is 1.13 bits per heavy atom. The summed E-state index contributed by atoms with van der Waals surface area (Å²) >= 11 is 0. The molecule has 0 saturated carbocycles. The van der Waals surface area contributed by atoms with Gasteiger partial charge in [-0.3, -0.25) is 10.1 Å². The smallest absolute Gasteiger partial charge is 0.258 e. The van der Waals surface area contributed by atoms with E-state index in [1.807, 2.05) is 5.43 Å². The lowest BCUT2D eigenvalue weighted by Gasteiger charge is -1.98. The summed E-state index contributed by atoms with van der Waals surface area (Å²) < 4.78 is 0. The first kappa shape index (κ1) is 10.9. The highest BCUT2D eigenvalue weighted by Crippen LogP contribution is 2.11. The van der Waals surface area contributed by atoms with E-state index in [2.05, 4.69) is 0 Å². The topological polar surface area (TPSA) is 98.3 Å². The normalized spacial score (nSPS) is 9.60. The SMILES string of the molecule is O=[N+]([O-])NCCc1ccc([N+](=O)[O-])cc1. The third-order valence-corrected chi connectivity index (χ3v) is 1.80. The number of nitro groups is 2. The summed E-state index contributed by atoms with van der Waals surface area (Å²) in [6, 6.07) is 5.92. The van der Waals surface area contributed by atoms with Gasteiger partial charge in [0.2, 0.25) is 0 Å². The third kappa shape index (κ3) is 3.59. The lowest BCUT2D eigenvalue weighted by molar-refractivity contribution is -0.543. The molecule has 15 heavy (non-hydrogen) atoms. The van der Waals surface area contributed by atoms with E-state index in [-0.39, 0.29) is 12.2 Å². The minimum Gasteiger partial charge on any atom is -0.258 e. The Labute approximate surface area is 85.0 Å². The standard InChI is InChI=1S/C8H9N3O4/c12-10(13)8-3-1-7(2-4-8)5-6-9-11(14)15/h1-4,9H,5-6H2. The number of rotatable bonds is 5. The fourth-order valence-electron chi connectivity index (χ4n) is 1.08. The molecule has 0 heterocycles. The summed E-state index contributed by atoms with van der Waals surface area (Å²) in [5.74, 6) is 0. The molecule has 7 heteroatoms. The molecule has 0 aliphatic rings. The molecule has 0 atom stereocenters. The number of non-ortho nitro benzene ring substituents is 1. The van der Waals surface area contributed by atoms with Gasteiger partial charge in [-0.1, -0.05) is 12.1 Å². The first-order chi connectivity index (χ1) is 7.09. The van der Waals surface area contributed by atoms with Crippen molar-refractivity contribution in [1.82, 2.24) is 5.43 Å². The predicted octanol–water partition coefficient (Wildman–Crippen LogP) is 0.919. The quantitative estimate of drug-likeness (QED) is 0.576. The van der Waals surface area contributed by atoms with Crippen molar-refractivity contribution < 1.29 is 9.96 Å². The van der Waals surface area contributed by atoms with Gasteiger partial charge in [0.25, 0.3) is 5.69 Å². The van der Waals surface area contributed by atoms with E-state index in [0.29, 0.717) is 6.42 Å². The average molecular weight is 211 g/mol. The van der Waals surface area contributed by atoms with Gasteiger partial charge in [0.05, 0.1) is 11.5 Å². The molecule has 0 aliphatic carbocycles. The highest BCUT2D eigenvalue weighted by atomic mass is 16.7. The Bertz CT molecular complexity index is 363. The molecular formula is C8H9N3O4. The number of nitrogens with one attached hydrogen (secondary N) is 1. The molecular weight excluding hydrogens is 202 g/mol. The van der Waals surface area contributed by atoms with E-state index in [9.17, 15) is 20.2 Å². The summed E-state index contributed by atoms with van der Waals surface area (Å²) in [5, 5.41) is 19.6. The number of nitrogens with zero attached hydrogens (tertiary/aromatic N) is 2. The van der Waals surface area contributed by atoms with Gasteiger partial charge in [-0.05, 0) is 12.0 Å². The van der Waals surface area contributed by atoms with Crippen LogP contribution < -0.4 is 5.43 Å². The van der Waals surface area contributed by atoms with E-state index in [1.165, 1.54) is 12.1 Å². The van der Waals surface area contributed by atoms with Crippen LogP contribution in [0.15, 0.2) is 24.3 Å². The molecule has 0 amide bonds. The number of benzene rings is 1. The summed E-state index contributed by atoms with van der Waals surface area (Å²) in [5.41, 5.74) is 2.85. The third-order valence-electron chi connectivity index (χ3n) is 1.80. The van der Waals surface area contributed by atoms with Crippen molar-refractivity contribution >= 4 is 5.69 Å². The molecule has 0 bridgehead atoms. The number of hydrogen-bond donors (Lipinski definition) is 1. The van der Waals surface area contributed by atoms with Gasteiger partial charge >= 0.3 is 0 Å². The first-order valence-corrected chi connectivity index (χ1v) is 4.21. The lowest BCUT2D eigenvalue weighted by Crippen LogP contribution is -2.23. The lowest BCUT2D eigenvalue weighted by atomic mass is 10.1. The summed E-state index contributed by atoms with van der Waals surface area (Å²) in [6.07, 6.45) is 0.457. The average Bonchev–Trinajstić information content (AvgIpc) is 2.18. The molecule has 1 aromatic carbocycles. The van der Waals surface area contributed by atoms with Gasteiger partial charge in [0.1, 0.15) is 0 Å². The van der Waals surface area contributed by atoms with Crippen molar-refractivity contribution in [2.24, 2.45) is 0 Å². The van der Waals surface area contributed by atoms with Crippen LogP contribution in [-0.2, 0) is 6.42 Å². The van der Waals surface area contributed by atoms with Crippen LogP contribution in [0.5, 0.6) is 0 Å². The molecule has 1 rings (SSSR count). The molecule has 7 nitrogen and oxygen atoms in total. The van der Waals surface area contributed by atoms with Crippen LogP contribution in [0.2, 0.25) is 0 Å². The molecule has 0 fully saturated rings. The molecule has 0 aliphatic heterocycles. The van der Waals surface area contributed by atoms with Crippen molar-refractivity contribution in [3.05, 3.63) is 50.1 Å². The van der Waals surface area contributed by atoms with Gasteiger partial charge in [0.15, 0.2) is 5.03 Å². The Hall–Kier alpha value is -2.18. The second kappa shape index (κ2) is 4.89. The fraction of sp³-hybridized carbons (Fsp3) is 0.250. The molecule has 0 spiro atoms. The number of hydrazine groups is 1. The van der Waals surface area contributed by atoms with E-state index >= 15 is 0 Å². The van der Waals surface area contributed by atoms with Gasteiger partial charge in [-0.15, -0.1) is 5.43 Å². The zero-order valence-corrected chi connectivity index (χ0v) is 7.75. The van der Waals surface area contributed by atoms with Gasteiger partial charge in [-0.25, -0.2) is 10.1 Å². The highest BCUT2D eigenvalue weighted by molar-refractivity contribution is 5.32. The molecule has 0 radical (unpaired) electrons. The molecule has 0 saturated heterocycles. The second-order valence-electron chi connectivity index (χ2n) is 2.84. The summed E-state index contributed by atoms with van der Waals surface area (Å²) in [7, 11) is 0. The van der Waals surface area contributed by atoms with Crippen LogP contribution in [0.1, 0.15) is 5.56 Å². The first-order valence-electron chi connectivity index (χ1n) is 4.21. The van der Waals surface area contributed by atoms with Crippen molar-refractivity contribution in [2.45, 2.75) is 6.42 Å². The fourth-order valence-corrected chi connectivity index (χ4v) is 1.08. The number of nitro benzene ring substituents is 1. The summed E-state index contributed by atoms with van der Waals surface area (Å²) in [4.78, 5) is 19.8. The monoisotopic (exact) mass is 211 g/mol. The minimum atomic E-state index is -0.620. The maximum Gasteiger partial charge on any atom is 0.269 e. The van der Waals surface area contributed by atoms with Crippen LogP contribution in [0.3, 0.4) is 0 Å². The van der Waals surface area contributed by atoms with Crippen LogP contribution in [0.25, 0.3) is 0 Å². The molecule has 1 aromatic rings. The van der Waals surface area contributed by atoms with Crippen molar-refractivity contribution in [1.29, 1.82) is 0 Å². The Morgan fingerprint density at radius 2 is 1.73 bits per heavy atom. The van der Waals surface area contributed by atoms with Crippen LogP contribution in [-0.4, -0.2) is 16.5 Å². The Kier molecular flexibility index (Phi) is 3.55. The van der Waals surface area contributed by atoms with Crippen molar-refractivity contribution in [3.63, 3.8) is 0 Å². The molecule has 80 valence electrons. The molecule has 1 N–H and O–H groups in total. The van der Waals surface area contributed by atoms with Crippen LogP contribution in [0, 0.1) is 20.2 Å². The van der Waals surface area contributed by atoms with Crippen LogP contribution in [0.4, 0.5) is 5.69 Å². The Balaban J connectivity index is 2.50. The second-order valence-corrected chi connectivity index (χ2v) is 2.84.